The number of pyridine rings is 2. The first kappa shape index (κ1) is 31.7. The predicted octanol–water partition coefficient (Wildman–Crippen LogP) is 4.59. The van der Waals surface area contributed by atoms with Crippen LogP contribution in [0.2, 0.25) is 0 Å². The number of ether oxygens (including phenoxy) is 1. The molecule has 2 heterocycles. The smallest absolute Gasteiger partial charge is 0.243 e. The first-order valence-electron chi connectivity index (χ1n) is 14.3. The van der Waals surface area contributed by atoms with Gasteiger partial charge >= 0.3 is 0 Å². The van der Waals surface area contributed by atoms with E-state index in [1.807, 2.05) is 76.3 Å². The fourth-order valence-corrected chi connectivity index (χ4v) is 4.35. The third-order valence-electron chi connectivity index (χ3n) is 6.69. The molecule has 0 fully saturated rings. The Morgan fingerprint density at radius 3 is 2.17 bits per heavy atom. The number of hydrogen-bond donors (Lipinski definition) is 2. The van der Waals surface area contributed by atoms with E-state index < -0.39 is 17.6 Å². The average Bonchev–Trinajstić information content (AvgIpc) is 2.94. The van der Waals surface area contributed by atoms with Gasteiger partial charge in [-0.1, -0.05) is 32.0 Å². The Bertz CT molecular complexity index is 1210. The Morgan fingerprint density at radius 1 is 0.878 bits per heavy atom. The molecule has 3 aromatic rings. The van der Waals surface area contributed by atoms with Crippen LogP contribution in [0.3, 0.4) is 0 Å². The minimum absolute atomic E-state index is 0.168. The van der Waals surface area contributed by atoms with E-state index in [2.05, 4.69) is 39.3 Å². The second-order valence-electron chi connectivity index (χ2n) is 12.0. The van der Waals surface area contributed by atoms with Crippen molar-refractivity contribution in [2.24, 2.45) is 5.92 Å². The Balaban J connectivity index is 1.75. The molecule has 2 atom stereocenters. The van der Waals surface area contributed by atoms with Gasteiger partial charge in [-0.3, -0.25) is 24.5 Å². The van der Waals surface area contributed by atoms with Gasteiger partial charge in [0.15, 0.2) is 0 Å². The number of hydrogen-bond acceptors (Lipinski definition) is 6. The summed E-state index contributed by atoms with van der Waals surface area (Å²) in [6.07, 6.45) is 8.84. The van der Waals surface area contributed by atoms with Crippen molar-refractivity contribution in [3.63, 3.8) is 0 Å². The zero-order valence-corrected chi connectivity index (χ0v) is 25.3. The van der Waals surface area contributed by atoms with Crippen molar-refractivity contribution in [3.8, 4) is 5.75 Å². The van der Waals surface area contributed by atoms with Crippen LogP contribution < -0.4 is 15.4 Å². The van der Waals surface area contributed by atoms with E-state index in [-0.39, 0.29) is 11.8 Å². The van der Waals surface area contributed by atoms with Crippen LogP contribution in [0.25, 0.3) is 0 Å². The third-order valence-corrected chi connectivity index (χ3v) is 6.69. The minimum Gasteiger partial charge on any atom is -0.489 e. The normalized spacial score (nSPS) is 13.1. The zero-order chi connectivity index (χ0) is 29.8. The van der Waals surface area contributed by atoms with Gasteiger partial charge in [-0.15, -0.1) is 0 Å². The molecule has 2 aromatic heterocycles. The van der Waals surface area contributed by atoms with Crippen LogP contribution in [-0.2, 0) is 29.0 Å². The molecule has 1 aromatic carbocycles. The highest BCUT2D eigenvalue weighted by Crippen LogP contribution is 2.17. The van der Waals surface area contributed by atoms with Crippen molar-refractivity contribution >= 4 is 11.8 Å². The Labute approximate surface area is 244 Å². The molecular weight excluding hydrogens is 514 g/mol. The summed E-state index contributed by atoms with van der Waals surface area (Å²) >= 11 is 0. The van der Waals surface area contributed by atoms with Gasteiger partial charge < -0.3 is 15.4 Å². The summed E-state index contributed by atoms with van der Waals surface area (Å²) in [4.78, 5) is 37.5. The summed E-state index contributed by atoms with van der Waals surface area (Å²) in [6, 6.07) is 14.2. The van der Waals surface area contributed by atoms with Crippen LogP contribution in [0.5, 0.6) is 5.75 Å². The summed E-state index contributed by atoms with van der Waals surface area (Å²) in [5, 5.41) is 6.14. The van der Waals surface area contributed by atoms with Gasteiger partial charge in [0, 0.05) is 42.3 Å². The number of carbonyl (C=O) groups is 2. The largest absolute Gasteiger partial charge is 0.489 e. The van der Waals surface area contributed by atoms with Crippen LogP contribution in [0.15, 0.2) is 73.3 Å². The molecule has 220 valence electrons. The number of carbonyl (C=O) groups excluding carboxylic acids is 2. The van der Waals surface area contributed by atoms with E-state index in [1.54, 1.807) is 24.8 Å². The maximum atomic E-state index is 13.8. The maximum absolute atomic E-state index is 13.8. The summed E-state index contributed by atoms with van der Waals surface area (Å²) in [7, 11) is 1.97. The minimum atomic E-state index is -0.734. The molecule has 8 nitrogen and oxygen atoms in total. The lowest BCUT2D eigenvalue weighted by Gasteiger charge is -2.31. The maximum Gasteiger partial charge on any atom is 0.243 e. The summed E-state index contributed by atoms with van der Waals surface area (Å²) in [5.41, 5.74) is 2.49. The van der Waals surface area contributed by atoms with Crippen molar-refractivity contribution in [2.45, 2.75) is 78.1 Å². The van der Waals surface area contributed by atoms with Crippen molar-refractivity contribution in [2.75, 3.05) is 13.6 Å². The Hall–Kier alpha value is -3.78. The monoisotopic (exact) mass is 559 g/mol. The van der Waals surface area contributed by atoms with Gasteiger partial charge in [0.25, 0.3) is 0 Å². The standard InChI is InChI=1S/C33H45N5O3/c1-24(2)15-19-38(6)30(21-26-13-17-34-18-14-26)32(40)36-29(31(39)37-33(3,4)5)20-25-9-11-28(12-10-25)41-23-27-8-7-16-35-22-27/h7-14,16-18,22,24,29-30H,15,19-21,23H2,1-6H3,(H,36,40)(H,37,39). The van der Waals surface area contributed by atoms with Gasteiger partial charge in [-0.05, 0) is 94.6 Å². The molecule has 3 rings (SSSR count). The Morgan fingerprint density at radius 2 is 1.56 bits per heavy atom. The van der Waals surface area contributed by atoms with Crippen LogP contribution in [-0.4, -0.2) is 57.9 Å². The molecule has 0 saturated carbocycles. The molecule has 8 heteroatoms. The van der Waals surface area contributed by atoms with E-state index in [4.69, 9.17) is 4.74 Å². The van der Waals surface area contributed by atoms with Crippen LogP contribution >= 0.6 is 0 Å². The van der Waals surface area contributed by atoms with Crippen molar-refractivity contribution in [3.05, 3.63) is 90.0 Å². The van der Waals surface area contributed by atoms with Crippen LogP contribution in [0.4, 0.5) is 0 Å². The number of nitrogens with one attached hydrogen (secondary N) is 2. The number of rotatable bonds is 14. The van der Waals surface area contributed by atoms with E-state index in [0.29, 0.717) is 25.4 Å². The highest BCUT2D eigenvalue weighted by atomic mass is 16.5. The molecular formula is C33H45N5O3. The lowest BCUT2D eigenvalue weighted by Crippen LogP contribution is -2.57. The van der Waals surface area contributed by atoms with E-state index >= 15 is 0 Å². The van der Waals surface area contributed by atoms with E-state index in [0.717, 1.165) is 35.4 Å². The molecule has 0 saturated heterocycles. The molecule has 0 aliphatic rings. The lowest BCUT2D eigenvalue weighted by molar-refractivity contribution is -0.132. The van der Waals surface area contributed by atoms with Crippen LogP contribution in [0, 0.1) is 5.92 Å². The summed E-state index contributed by atoms with van der Waals surface area (Å²) < 4.78 is 5.89. The van der Waals surface area contributed by atoms with Gasteiger partial charge in [0.1, 0.15) is 18.4 Å². The topological polar surface area (TPSA) is 96.5 Å². The SMILES string of the molecule is CC(C)CCN(C)C(Cc1ccncc1)C(=O)NC(Cc1ccc(OCc2cccnc2)cc1)C(=O)NC(C)(C)C. The fraction of sp³-hybridized carbons (Fsp3) is 0.455. The summed E-state index contributed by atoms with van der Waals surface area (Å²) in [5.74, 6) is 0.860. The number of aromatic nitrogens is 2. The number of nitrogens with zero attached hydrogens (tertiary/aromatic N) is 3. The molecule has 2 unspecified atom stereocenters. The molecule has 2 N–H and O–H groups in total. The van der Waals surface area contributed by atoms with E-state index in [1.165, 1.54) is 0 Å². The molecule has 2 amide bonds. The quantitative estimate of drug-likeness (QED) is 0.300. The first-order valence-corrected chi connectivity index (χ1v) is 14.3. The predicted molar refractivity (Wildman–Crippen MR) is 162 cm³/mol. The Kier molecular flexibility index (Phi) is 11.8. The van der Waals surface area contributed by atoms with Gasteiger partial charge in [-0.25, -0.2) is 0 Å². The first-order chi connectivity index (χ1) is 19.5. The van der Waals surface area contributed by atoms with Gasteiger partial charge in [0.05, 0.1) is 6.04 Å². The summed E-state index contributed by atoms with van der Waals surface area (Å²) in [6.45, 7) is 11.4. The highest BCUT2D eigenvalue weighted by Gasteiger charge is 2.30. The average molecular weight is 560 g/mol. The number of benzene rings is 1. The molecule has 0 radical (unpaired) electrons. The molecule has 0 spiro atoms. The van der Waals surface area contributed by atoms with Crippen molar-refractivity contribution in [1.82, 2.24) is 25.5 Å². The molecule has 41 heavy (non-hydrogen) atoms. The lowest BCUT2D eigenvalue weighted by atomic mass is 10.0. The molecule has 0 aliphatic heterocycles. The van der Waals surface area contributed by atoms with Crippen molar-refractivity contribution < 1.29 is 14.3 Å². The van der Waals surface area contributed by atoms with Gasteiger partial charge in [0.2, 0.25) is 11.8 Å². The van der Waals surface area contributed by atoms with E-state index in [9.17, 15) is 9.59 Å². The molecule has 0 aliphatic carbocycles. The van der Waals surface area contributed by atoms with Crippen LogP contribution in [0.1, 0.15) is 57.7 Å². The fourth-order valence-electron chi connectivity index (χ4n) is 4.35. The zero-order valence-electron chi connectivity index (χ0n) is 25.3. The second kappa shape index (κ2) is 15.3. The second-order valence-corrected chi connectivity index (χ2v) is 12.0. The third kappa shape index (κ3) is 11.3. The number of likely N-dealkylation sites (N-methyl/N-ethyl adjacent to an activating group) is 1. The molecule has 0 bridgehead atoms. The highest BCUT2D eigenvalue weighted by molar-refractivity contribution is 5.90. The number of amides is 2. The van der Waals surface area contributed by atoms with Gasteiger partial charge in [-0.2, -0.15) is 0 Å². The van der Waals surface area contributed by atoms with Crippen molar-refractivity contribution in [1.29, 1.82) is 0 Å².